The Hall–Kier alpha value is -2.38. The van der Waals surface area contributed by atoms with Crippen molar-refractivity contribution in [2.75, 3.05) is 18.3 Å². The standard InChI is InChI=1S/C16H13NO6/c18-6-16-4-3-10(23-16)12-13(16)15(20)17(14(12)19)8-1-2-9-11(5-8)22-7-21-9/h1-5,10,12-13,18H,6-7H2/t10-,12+,13+,16-/m1/s1. The summed E-state index contributed by atoms with van der Waals surface area (Å²) in [5, 5.41) is 9.68. The summed E-state index contributed by atoms with van der Waals surface area (Å²) >= 11 is 0. The van der Waals surface area contributed by atoms with E-state index in [0.29, 0.717) is 17.2 Å². The zero-order valence-corrected chi connectivity index (χ0v) is 12.0. The zero-order chi connectivity index (χ0) is 15.8. The average Bonchev–Trinajstić information content (AvgIpc) is 3.29. The number of amides is 2. The maximum atomic E-state index is 12.9. The van der Waals surface area contributed by atoms with Gasteiger partial charge in [-0.15, -0.1) is 0 Å². The predicted molar refractivity (Wildman–Crippen MR) is 75.9 cm³/mol. The van der Waals surface area contributed by atoms with E-state index in [1.807, 2.05) is 0 Å². The third-order valence-electron chi connectivity index (χ3n) is 5.02. The van der Waals surface area contributed by atoms with Crippen molar-refractivity contribution in [3.05, 3.63) is 30.4 Å². The number of carbonyl (C=O) groups excluding carboxylic acids is 2. The van der Waals surface area contributed by atoms with Gasteiger partial charge in [-0.1, -0.05) is 12.2 Å². The van der Waals surface area contributed by atoms with Crippen LogP contribution in [-0.2, 0) is 14.3 Å². The van der Waals surface area contributed by atoms with Crippen LogP contribution in [0.15, 0.2) is 30.4 Å². The summed E-state index contributed by atoms with van der Waals surface area (Å²) in [6, 6.07) is 4.96. The maximum Gasteiger partial charge on any atom is 0.241 e. The highest BCUT2D eigenvalue weighted by Crippen LogP contribution is 2.52. The van der Waals surface area contributed by atoms with Crippen LogP contribution in [0.25, 0.3) is 0 Å². The molecule has 1 aromatic rings. The van der Waals surface area contributed by atoms with E-state index in [2.05, 4.69) is 0 Å². The summed E-state index contributed by atoms with van der Waals surface area (Å²) in [5.41, 5.74) is -0.626. The third-order valence-corrected chi connectivity index (χ3v) is 5.02. The van der Waals surface area contributed by atoms with Gasteiger partial charge in [0, 0.05) is 6.07 Å². The number of rotatable bonds is 2. The quantitative estimate of drug-likeness (QED) is 0.621. The number of aliphatic hydroxyl groups is 1. The molecule has 2 bridgehead atoms. The van der Waals surface area contributed by atoms with E-state index < -0.39 is 23.5 Å². The van der Waals surface area contributed by atoms with E-state index >= 15 is 0 Å². The van der Waals surface area contributed by atoms with Gasteiger partial charge < -0.3 is 19.3 Å². The molecular formula is C16H13NO6. The maximum absolute atomic E-state index is 12.9. The SMILES string of the molecule is O=C1[C@@H]2[C@@H](C(=O)N1c1ccc3c(c1)OCO3)[C@]1(CO)C=C[C@H]2O1. The van der Waals surface area contributed by atoms with Crippen LogP contribution in [0.3, 0.4) is 0 Å². The first-order valence-corrected chi connectivity index (χ1v) is 7.40. The molecule has 4 aliphatic rings. The summed E-state index contributed by atoms with van der Waals surface area (Å²) in [4.78, 5) is 26.8. The monoisotopic (exact) mass is 315 g/mol. The van der Waals surface area contributed by atoms with Gasteiger partial charge in [-0.3, -0.25) is 9.59 Å². The summed E-state index contributed by atoms with van der Waals surface area (Å²) in [5.74, 6) is -0.812. The highest BCUT2D eigenvalue weighted by atomic mass is 16.7. The molecule has 2 fully saturated rings. The summed E-state index contributed by atoms with van der Waals surface area (Å²) in [6.45, 7) is -0.200. The van der Waals surface area contributed by atoms with Gasteiger partial charge in [0.15, 0.2) is 11.5 Å². The van der Waals surface area contributed by atoms with E-state index in [-0.39, 0.29) is 25.2 Å². The molecule has 4 heterocycles. The molecule has 23 heavy (non-hydrogen) atoms. The molecule has 4 atom stereocenters. The summed E-state index contributed by atoms with van der Waals surface area (Å²) < 4.78 is 16.3. The first kappa shape index (κ1) is 13.1. The fourth-order valence-electron chi connectivity index (χ4n) is 3.96. The number of carbonyl (C=O) groups is 2. The van der Waals surface area contributed by atoms with E-state index in [9.17, 15) is 14.7 Å². The van der Waals surface area contributed by atoms with E-state index in [0.717, 1.165) is 0 Å². The van der Waals surface area contributed by atoms with E-state index in [4.69, 9.17) is 14.2 Å². The van der Waals surface area contributed by atoms with Gasteiger partial charge in [-0.25, -0.2) is 4.90 Å². The Labute approximate surface area is 131 Å². The topological polar surface area (TPSA) is 85.3 Å². The summed E-state index contributed by atoms with van der Waals surface area (Å²) in [7, 11) is 0. The Morgan fingerprint density at radius 2 is 2.04 bits per heavy atom. The van der Waals surface area contributed by atoms with Crippen molar-refractivity contribution in [2.45, 2.75) is 11.7 Å². The molecular weight excluding hydrogens is 302 g/mol. The molecule has 7 nitrogen and oxygen atoms in total. The largest absolute Gasteiger partial charge is 0.454 e. The second-order valence-corrected chi connectivity index (χ2v) is 6.11. The Bertz CT molecular complexity index is 774. The molecule has 7 heteroatoms. The van der Waals surface area contributed by atoms with Crippen molar-refractivity contribution in [3.8, 4) is 11.5 Å². The minimum Gasteiger partial charge on any atom is -0.454 e. The number of imide groups is 1. The second kappa shape index (κ2) is 4.12. The van der Waals surface area contributed by atoms with Crippen molar-refractivity contribution in [2.24, 2.45) is 11.8 Å². The Morgan fingerprint density at radius 3 is 2.87 bits per heavy atom. The third kappa shape index (κ3) is 1.46. The molecule has 0 aromatic heterocycles. The highest BCUT2D eigenvalue weighted by Gasteiger charge is 2.67. The van der Waals surface area contributed by atoms with E-state index in [1.54, 1.807) is 30.4 Å². The van der Waals surface area contributed by atoms with Crippen LogP contribution in [-0.4, -0.2) is 42.0 Å². The lowest BCUT2D eigenvalue weighted by Crippen LogP contribution is -2.43. The lowest BCUT2D eigenvalue weighted by Gasteiger charge is -2.26. The van der Waals surface area contributed by atoms with Crippen molar-refractivity contribution in [3.63, 3.8) is 0 Å². The zero-order valence-electron chi connectivity index (χ0n) is 12.0. The molecule has 5 rings (SSSR count). The smallest absolute Gasteiger partial charge is 0.241 e. The normalized spacial score (nSPS) is 36.2. The molecule has 1 N–H and O–H groups in total. The number of hydrogen-bond acceptors (Lipinski definition) is 6. The van der Waals surface area contributed by atoms with Crippen LogP contribution in [0.5, 0.6) is 11.5 Å². The Balaban J connectivity index is 1.57. The second-order valence-electron chi connectivity index (χ2n) is 6.11. The van der Waals surface area contributed by atoms with Crippen LogP contribution in [0.2, 0.25) is 0 Å². The number of hydrogen-bond donors (Lipinski definition) is 1. The Kier molecular flexibility index (Phi) is 2.35. The van der Waals surface area contributed by atoms with Gasteiger partial charge in [0.25, 0.3) is 0 Å². The molecule has 0 saturated carbocycles. The minimum atomic E-state index is -1.08. The number of anilines is 1. The fraction of sp³-hybridized carbons (Fsp3) is 0.375. The molecule has 0 spiro atoms. The van der Waals surface area contributed by atoms with E-state index in [1.165, 1.54) is 4.90 Å². The van der Waals surface area contributed by atoms with Crippen molar-refractivity contribution < 1.29 is 28.9 Å². The number of fused-ring (bicyclic) bond motifs is 6. The van der Waals surface area contributed by atoms with Crippen LogP contribution in [0, 0.1) is 11.8 Å². The number of nitrogens with zero attached hydrogens (tertiary/aromatic N) is 1. The fourth-order valence-corrected chi connectivity index (χ4v) is 3.96. The summed E-state index contributed by atoms with van der Waals surface area (Å²) in [6.07, 6.45) is 3.00. The molecule has 118 valence electrons. The van der Waals surface area contributed by atoms with Gasteiger partial charge in [0.2, 0.25) is 18.6 Å². The van der Waals surface area contributed by atoms with Gasteiger partial charge in [0.05, 0.1) is 30.2 Å². The molecule has 0 unspecified atom stereocenters. The Morgan fingerprint density at radius 1 is 1.22 bits per heavy atom. The highest BCUT2D eigenvalue weighted by molar-refractivity contribution is 6.23. The number of benzene rings is 1. The lowest BCUT2D eigenvalue weighted by atomic mass is 9.77. The lowest BCUT2D eigenvalue weighted by molar-refractivity contribution is -0.128. The van der Waals surface area contributed by atoms with Gasteiger partial charge in [-0.2, -0.15) is 0 Å². The molecule has 4 aliphatic heterocycles. The molecule has 2 amide bonds. The van der Waals surface area contributed by atoms with Crippen LogP contribution in [0.4, 0.5) is 5.69 Å². The molecule has 2 saturated heterocycles. The predicted octanol–water partition coefficient (Wildman–Crippen LogP) is 0.221. The number of ether oxygens (including phenoxy) is 3. The first-order valence-electron chi connectivity index (χ1n) is 7.40. The van der Waals surface area contributed by atoms with Crippen molar-refractivity contribution >= 4 is 17.5 Å². The van der Waals surface area contributed by atoms with Gasteiger partial charge in [-0.05, 0) is 12.1 Å². The van der Waals surface area contributed by atoms with Crippen molar-refractivity contribution in [1.82, 2.24) is 0 Å². The van der Waals surface area contributed by atoms with Gasteiger partial charge >= 0.3 is 0 Å². The minimum absolute atomic E-state index is 0.124. The molecule has 1 aromatic carbocycles. The van der Waals surface area contributed by atoms with Crippen LogP contribution >= 0.6 is 0 Å². The van der Waals surface area contributed by atoms with Gasteiger partial charge in [0.1, 0.15) is 5.60 Å². The number of aliphatic hydroxyl groups excluding tert-OH is 1. The first-order chi connectivity index (χ1) is 11.1. The van der Waals surface area contributed by atoms with Crippen LogP contribution in [0.1, 0.15) is 0 Å². The average molecular weight is 315 g/mol. The molecule has 0 aliphatic carbocycles. The van der Waals surface area contributed by atoms with Crippen LogP contribution < -0.4 is 14.4 Å². The molecule has 0 radical (unpaired) electrons. The van der Waals surface area contributed by atoms with Crippen molar-refractivity contribution in [1.29, 1.82) is 0 Å².